The molecule has 2 rings (SSSR count). The van der Waals surface area contributed by atoms with E-state index in [2.05, 4.69) is 4.98 Å². The number of carbonyl (C=O) groups is 1. The predicted octanol–water partition coefficient (Wildman–Crippen LogP) is 2.08. The van der Waals surface area contributed by atoms with Crippen molar-refractivity contribution in [2.75, 3.05) is 0 Å². The number of aliphatic carboxylic acids is 1. The lowest BCUT2D eigenvalue weighted by atomic mass is 10.2. The van der Waals surface area contributed by atoms with Crippen molar-refractivity contribution in [2.24, 2.45) is 7.05 Å². The number of thiophene rings is 1. The molecule has 84 valence electrons. The SMILES string of the molecule is Cc1c(CC(=O)O)nc(-c2cccs2)n1C. The molecule has 0 aliphatic rings. The zero-order valence-electron chi connectivity index (χ0n) is 9.10. The normalized spacial score (nSPS) is 10.6. The Morgan fingerprint density at radius 1 is 1.62 bits per heavy atom. The summed E-state index contributed by atoms with van der Waals surface area (Å²) in [6.45, 7) is 1.89. The highest BCUT2D eigenvalue weighted by Gasteiger charge is 2.15. The quantitative estimate of drug-likeness (QED) is 0.887. The molecule has 2 aromatic rings. The number of aromatic nitrogens is 2. The first kappa shape index (κ1) is 10.9. The van der Waals surface area contributed by atoms with E-state index in [1.165, 1.54) is 0 Å². The van der Waals surface area contributed by atoms with Crippen molar-refractivity contribution >= 4 is 17.3 Å². The van der Waals surface area contributed by atoms with Crippen molar-refractivity contribution in [2.45, 2.75) is 13.3 Å². The molecule has 2 heterocycles. The summed E-state index contributed by atoms with van der Waals surface area (Å²) in [5.74, 6) is -0.0114. The van der Waals surface area contributed by atoms with Crippen LogP contribution in [0, 0.1) is 6.92 Å². The van der Waals surface area contributed by atoms with Gasteiger partial charge in [0.1, 0.15) is 5.82 Å². The summed E-state index contributed by atoms with van der Waals surface area (Å²) in [5.41, 5.74) is 1.55. The summed E-state index contributed by atoms with van der Waals surface area (Å²) >= 11 is 1.60. The van der Waals surface area contributed by atoms with Crippen LogP contribution in [-0.2, 0) is 18.3 Å². The molecule has 0 aliphatic heterocycles. The van der Waals surface area contributed by atoms with Crippen LogP contribution in [0.25, 0.3) is 10.7 Å². The molecule has 0 fully saturated rings. The van der Waals surface area contributed by atoms with Crippen LogP contribution < -0.4 is 0 Å². The molecular weight excluding hydrogens is 224 g/mol. The van der Waals surface area contributed by atoms with Gasteiger partial charge in [-0.2, -0.15) is 0 Å². The molecule has 0 amide bonds. The Labute approximate surface area is 97.2 Å². The van der Waals surface area contributed by atoms with Crippen LogP contribution >= 0.6 is 11.3 Å². The van der Waals surface area contributed by atoms with Gasteiger partial charge in [0.25, 0.3) is 0 Å². The molecule has 4 nitrogen and oxygen atoms in total. The van der Waals surface area contributed by atoms with Gasteiger partial charge in [0.2, 0.25) is 0 Å². The van der Waals surface area contributed by atoms with E-state index in [9.17, 15) is 4.79 Å². The number of carboxylic acids is 1. The number of carboxylic acid groups (broad SMARTS) is 1. The maximum atomic E-state index is 10.7. The first-order chi connectivity index (χ1) is 7.59. The van der Waals surface area contributed by atoms with Gasteiger partial charge in [0.15, 0.2) is 0 Å². The van der Waals surface area contributed by atoms with Gasteiger partial charge < -0.3 is 9.67 Å². The highest BCUT2D eigenvalue weighted by atomic mass is 32.1. The lowest BCUT2D eigenvalue weighted by Crippen LogP contribution is -2.02. The molecule has 1 N–H and O–H groups in total. The Balaban J connectivity index is 2.45. The molecule has 0 atom stereocenters. The second-order valence-electron chi connectivity index (χ2n) is 3.57. The van der Waals surface area contributed by atoms with Gasteiger partial charge in [-0.1, -0.05) is 6.07 Å². The van der Waals surface area contributed by atoms with Crippen LogP contribution in [0.5, 0.6) is 0 Å². The molecular formula is C11H12N2O2S. The third-order valence-electron chi connectivity index (χ3n) is 2.54. The molecule has 5 heteroatoms. The topological polar surface area (TPSA) is 55.1 Å². The van der Waals surface area contributed by atoms with Crippen molar-refractivity contribution in [1.82, 2.24) is 9.55 Å². The fourth-order valence-electron chi connectivity index (χ4n) is 1.57. The summed E-state index contributed by atoms with van der Waals surface area (Å²) < 4.78 is 1.93. The number of nitrogens with zero attached hydrogens (tertiary/aromatic N) is 2. The van der Waals surface area contributed by atoms with E-state index in [-0.39, 0.29) is 6.42 Å². The molecule has 0 unspecified atom stereocenters. The Hall–Kier alpha value is -1.62. The molecule has 0 bridgehead atoms. The van der Waals surface area contributed by atoms with E-state index in [4.69, 9.17) is 5.11 Å². The molecule has 0 saturated heterocycles. The zero-order valence-corrected chi connectivity index (χ0v) is 9.91. The minimum atomic E-state index is -0.848. The van der Waals surface area contributed by atoms with E-state index in [0.717, 1.165) is 16.4 Å². The second kappa shape index (κ2) is 4.09. The van der Waals surface area contributed by atoms with Gasteiger partial charge in [0, 0.05) is 12.7 Å². The Bertz CT molecular complexity index is 514. The van der Waals surface area contributed by atoms with E-state index >= 15 is 0 Å². The summed E-state index contributed by atoms with van der Waals surface area (Å²) in [5, 5.41) is 10.8. The van der Waals surface area contributed by atoms with Gasteiger partial charge >= 0.3 is 5.97 Å². The number of hydrogen-bond donors (Lipinski definition) is 1. The predicted molar refractivity (Wildman–Crippen MR) is 62.6 cm³/mol. The van der Waals surface area contributed by atoms with Crippen LogP contribution in [0.1, 0.15) is 11.4 Å². The van der Waals surface area contributed by atoms with Gasteiger partial charge in [-0.15, -0.1) is 11.3 Å². The van der Waals surface area contributed by atoms with Crippen LogP contribution in [0.4, 0.5) is 0 Å². The van der Waals surface area contributed by atoms with Gasteiger partial charge in [-0.05, 0) is 18.4 Å². The second-order valence-corrected chi connectivity index (χ2v) is 4.52. The third-order valence-corrected chi connectivity index (χ3v) is 3.41. The lowest BCUT2D eigenvalue weighted by Gasteiger charge is -1.99. The molecule has 2 aromatic heterocycles. The summed E-state index contributed by atoms with van der Waals surface area (Å²) in [6.07, 6.45) is -0.0228. The lowest BCUT2D eigenvalue weighted by molar-refractivity contribution is -0.136. The first-order valence-corrected chi connectivity index (χ1v) is 5.75. The summed E-state index contributed by atoms with van der Waals surface area (Å²) in [7, 11) is 1.91. The van der Waals surface area contributed by atoms with Gasteiger partial charge in [0.05, 0.1) is 17.0 Å². The summed E-state index contributed by atoms with van der Waals surface area (Å²) in [4.78, 5) is 16.1. The van der Waals surface area contributed by atoms with Crippen molar-refractivity contribution in [3.8, 4) is 10.7 Å². The third kappa shape index (κ3) is 1.86. The smallest absolute Gasteiger partial charge is 0.309 e. The Kier molecular flexibility index (Phi) is 2.78. The number of hydrogen-bond acceptors (Lipinski definition) is 3. The molecule has 16 heavy (non-hydrogen) atoms. The van der Waals surface area contributed by atoms with E-state index in [0.29, 0.717) is 5.69 Å². The molecule has 0 aromatic carbocycles. The molecule has 0 spiro atoms. The average Bonchev–Trinajstić information content (AvgIpc) is 2.81. The molecule has 0 radical (unpaired) electrons. The minimum absolute atomic E-state index is 0.0228. The van der Waals surface area contributed by atoms with Crippen LogP contribution in [0.3, 0.4) is 0 Å². The number of rotatable bonds is 3. The van der Waals surface area contributed by atoms with E-state index in [1.807, 2.05) is 36.1 Å². The van der Waals surface area contributed by atoms with Crippen LogP contribution in [0.15, 0.2) is 17.5 Å². The van der Waals surface area contributed by atoms with Crippen molar-refractivity contribution in [3.63, 3.8) is 0 Å². The fourth-order valence-corrected chi connectivity index (χ4v) is 2.32. The maximum absolute atomic E-state index is 10.7. The highest BCUT2D eigenvalue weighted by molar-refractivity contribution is 7.13. The largest absolute Gasteiger partial charge is 0.481 e. The van der Waals surface area contributed by atoms with Crippen LogP contribution in [0.2, 0.25) is 0 Å². The Morgan fingerprint density at radius 2 is 2.38 bits per heavy atom. The standard InChI is InChI=1S/C11H12N2O2S/c1-7-8(6-10(14)15)12-11(13(7)2)9-4-3-5-16-9/h3-5H,6H2,1-2H3,(H,14,15). The van der Waals surface area contributed by atoms with Crippen molar-refractivity contribution < 1.29 is 9.90 Å². The first-order valence-electron chi connectivity index (χ1n) is 4.87. The Morgan fingerprint density at radius 3 is 2.94 bits per heavy atom. The fraction of sp³-hybridized carbons (Fsp3) is 0.273. The van der Waals surface area contributed by atoms with Gasteiger partial charge in [-0.3, -0.25) is 4.79 Å². The number of imidazole rings is 1. The molecule has 0 aliphatic carbocycles. The molecule has 0 saturated carbocycles. The zero-order chi connectivity index (χ0) is 11.7. The van der Waals surface area contributed by atoms with Crippen molar-refractivity contribution in [1.29, 1.82) is 0 Å². The maximum Gasteiger partial charge on any atom is 0.309 e. The van der Waals surface area contributed by atoms with Gasteiger partial charge in [-0.25, -0.2) is 4.98 Å². The van der Waals surface area contributed by atoms with Crippen molar-refractivity contribution in [3.05, 3.63) is 28.9 Å². The van der Waals surface area contributed by atoms with E-state index in [1.54, 1.807) is 11.3 Å². The van der Waals surface area contributed by atoms with Crippen LogP contribution in [-0.4, -0.2) is 20.6 Å². The monoisotopic (exact) mass is 236 g/mol. The summed E-state index contributed by atoms with van der Waals surface area (Å²) in [6, 6.07) is 3.94. The van der Waals surface area contributed by atoms with E-state index < -0.39 is 5.97 Å². The highest BCUT2D eigenvalue weighted by Crippen LogP contribution is 2.25. The average molecular weight is 236 g/mol. The minimum Gasteiger partial charge on any atom is -0.481 e.